The molecule has 4 heterocycles. The first kappa shape index (κ1) is 11.0. The quantitative estimate of drug-likeness (QED) is 0.321. The molecule has 1 nitrogen and oxygen atoms in total. The molecule has 22 heavy (non-hydrogen) atoms. The van der Waals surface area contributed by atoms with Gasteiger partial charge in [-0.3, -0.25) is 0 Å². The fourth-order valence-corrected chi connectivity index (χ4v) is 5.10. The maximum absolute atomic E-state index is 2.44. The van der Waals surface area contributed by atoms with E-state index >= 15 is 0 Å². The lowest BCUT2D eigenvalue weighted by Gasteiger charge is -1.96. The first-order valence-corrected chi connectivity index (χ1v) is 8.29. The van der Waals surface area contributed by atoms with Crippen molar-refractivity contribution in [1.29, 1.82) is 0 Å². The Morgan fingerprint density at radius 2 is 1.36 bits per heavy atom. The van der Waals surface area contributed by atoms with Crippen molar-refractivity contribution in [3.63, 3.8) is 0 Å². The van der Waals surface area contributed by atoms with E-state index in [1.54, 1.807) is 0 Å². The Kier molecular flexibility index (Phi) is 1.81. The summed E-state index contributed by atoms with van der Waals surface area (Å²) in [5.41, 5.74) is 4.02. The zero-order valence-electron chi connectivity index (χ0n) is 11.7. The summed E-state index contributed by atoms with van der Waals surface area (Å²) < 4.78 is 5.23. The largest absolute Gasteiger partial charge is 0.307 e. The van der Waals surface area contributed by atoms with Gasteiger partial charge in [-0.1, -0.05) is 48.5 Å². The number of aromatic nitrogens is 1. The first-order chi connectivity index (χ1) is 10.9. The SMILES string of the molecule is c1ccc2c(c1)sc1c2c2c3ccccc3c3cccc1n32. The monoisotopic (exact) mass is 297 g/mol. The molecule has 0 aliphatic heterocycles. The van der Waals surface area contributed by atoms with Gasteiger partial charge in [0.25, 0.3) is 0 Å². The van der Waals surface area contributed by atoms with E-state index in [0.717, 1.165) is 0 Å². The Bertz CT molecular complexity index is 1320. The normalized spacial score (nSPS) is 12.5. The number of pyridine rings is 1. The van der Waals surface area contributed by atoms with Crippen LogP contribution in [0.15, 0.2) is 66.7 Å². The van der Waals surface area contributed by atoms with E-state index in [1.807, 2.05) is 11.3 Å². The molecule has 0 spiro atoms. The van der Waals surface area contributed by atoms with Crippen LogP contribution in [0.25, 0.3) is 47.5 Å². The van der Waals surface area contributed by atoms with Gasteiger partial charge in [-0.05, 0) is 18.2 Å². The minimum absolute atomic E-state index is 1.32. The highest BCUT2D eigenvalue weighted by atomic mass is 32.1. The molecule has 2 aromatic carbocycles. The number of benzene rings is 2. The van der Waals surface area contributed by atoms with Crippen LogP contribution in [0.3, 0.4) is 0 Å². The minimum Gasteiger partial charge on any atom is -0.307 e. The minimum atomic E-state index is 1.32. The number of hydrogen-bond acceptors (Lipinski definition) is 1. The smallest absolute Gasteiger partial charge is 0.0641 e. The Labute approximate surface area is 130 Å². The Hall–Kier alpha value is -2.58. The second-order valence-corrected chi connectivity index (χ2v) is 6.88. The van der Waals surface area contributed by atoms with E-state index in [-0.39, 0.29) is 0 Å². The zero-order chi connectivity index (χ0) is 14.3. The molecule has 102 valence electrons. The molecule has 0 atom stereocenters. The lowest BCUT2D eigenvalue weighted by atomic mass is 10.1. The Balaban J connectivity index is 2.12. The predicted molar refractivity (Wildman–Crippen MR) is 96.5 cm³/mol. The van der Waals surface area contributed by atoms with E-state index in [1.165, 1.54) is 47.5 Å². The molecule has 4 aromatic heterocycles. The van der Waals surface area contributed by atoms with Crippen molar-refractivity contribution in [2.24, 2.45) is 0 Å². The van der Waals surface area contributed by atoms with Crippen LogP contribution in [0.2, 0.25) is 0 Å². The van der Waals surface area contributed by atoms with Gasteiger partial charge in [0.15, 0.2) is 0 Å². The molecule has 0 aliphatic rings. The van der Waals surface area contributed by atoms with Gasteiger partial charge in [0, 0.05) is 26.2 Å². The number of fused-ring (bicyclic) bond motifs is 8. The average molecular weight is 297 g/mol. The molecule has 0 bridgehead atoms. The van der Waals surface area contributed by atoms with Crippen LogP contribution in [0, 0.1) is 0 Å². The maximum Gasteiger partial charge on any atom is 0.0641 e. The van der Waals surface area contributed by atoms with Crippen molar-refractivity contribution in [3.05, 3.63) is 66.7 Å². The third-order valence-corrected chi connectivity index (χ3v) is 5.93. The van der Waals surface area contributed by atoms with Crippen LogP contribution in [0.5, 0.6) is 0 Å². The van der Waals surface area contributed by atoms with Crippen LogP contribution >= 0.6 is 11.3 Å². The zero-order valence-corrected chi connectivity index (χ0v) is 12.5. The van der Waals surface area contributed by atoms with Gasteiger partial charge in [-0.15, -0.1) is 11.3 Å². The second-order valence-electron chi connectivity index (χ2n) is 5.83. The predicted octanol–water partition coefficient (Wildman–Crippen LogP) is 6.05. The summed E-state index contributed by atoms with van der Waals surface area (Å²) in [5.74, 6) is 0. The van der Waals surface area contributed by atoms with Crippen molar-refractivity contribution in [2.45, 2.75) is 0 Å². The highest BCUT2D eigenvalue weighted by molar-refractivity contribution is 7.26. The standard InChI is InChI=1S/C20H11NS/c1-2-7-13-12(6-1)15-9-5-10-16-20-18(19(13)21(15)16)14-8-3-4-11-17(14)22-20/h1-11H. The van der Waals surface area contributed by atoms with Crippen molar-refractivity contribution in [3.8, 4) is 0 Å². The molecule has 2 heteroatoms. The second kappa shape index (κ2) is 3.60. The van der Waals surface area contributed by atoms with Crippen LogP contribution in [0.4, 0.5) is 0 Å². The molecular weight excluding hydrogens is 286 g/mol. The van der Waals surface area contributed by atoms with Crippen molar-refractivity contribution >= 4 is 58.8 Å². The van der Waals surface area contributed by atoms with Gasteiger partial charge in [0.05, 0.1) is 21.3 Å². The van der Waals surface area contributed by atoms with Gasteiger partial charge in [-0.2, -0.15) is 0 Å². The summed E-state index contributed by atoms with van der Waals surface area (Å²) >= 11 is 1.91. The summed E-state index contributed by atoms with van der Waals surface area (Å²) in [6.45, 7) is 0. The molecule has 6 aromatic rings. The molecule has 0 aliphatic carbocycles. The average Bonchev–Trinajstić information content (AvgIpc) is 3.19. The Morgan fingerprint density at radius 3 is 2.27 bits per heavy atom. The molecule has 6 rings (SSSR count). The lowest BCUT2D eigenvalue weighted by molar-refractivity contribution is 1.36. The van der Waals surface area contributed by atoms with Gasteiger partial charge in [0.1, 0.15) is 0 Å². The fraction of sp³-hybridized carbons (Fsp3) is 0. The Morgan fingerprint density at radius 1 is 0.636 bits per heavy atom. The van der Waals surface area contributed by atoms with Crippen LogP contribution < -0.4 is 0 Å². The fourth-order valence-electron chi connectivity index (χ4n) is 3.88. The van der Waals surface area contributed by atoms with E-state index < -0.39 is 0 Å². The molecule has 0 radical (unpaired) electrons. The highest BCUT2D eigenvalue weighted by Crippen LogP contribution is 2.45. The van der Waals surface area contributed by atoms with E-state index in [0.29, 0.717) is 0 Å². The van der Waals surface area contributed by atoms with Crippen molar-refractivity contribution in [2.75, 3.05) is 0 Å². The van der Waals surface area contributed by atoms with E-state index in [9.17, 15) is 0 Å². The summed E-state index contributed by atoms with van der Waals surface area (Å²) in [7, 11) is 0. The van der Waals surface area contributed by atoms with Crippen molar-refractivity contribution < 1.29 is 0 Å². The molecular formula is C20H11NS. The van der Waals surface area contributed by atoms with Crippen LogP contribution in [-0.2, 0) is 0 Å². The van der Waals surface area contributed by atoms with Crippen LogP contribution in [0.1, 0.15) is 0 Å². The first-order valence-electron chi connectivity index (χ1n) is 7.48. The molecule has 0 fully saturated rings. The van der Waals surface area contributed by atoms with Gasteiger partial charge in [-0.25, -0.2) is 0 Å². The number of hydrogen-bond donors (Lipinski definition) is 0. The molecule has 0 amide bonds. The molecule has 0 N–H and O–H groups in total. The van der Waals surface area contributed by atoms with Gasteiger partial charge >= 0.3 is 0 Å². The molecule has 0 saturated heterocycles. The van der Waals surface area contributed by atoms with Gasteiger partial charge in [0.2, 0.25) is 0 Å². The highest BCUT2D eigenvalue weighted by Gasteiger charge is 2.19. The topological polar surface area (TPSA) is 4.41 Å². The molecule has 0 saturated carbocycles. The number of nitrogens with zero attached hydrogens (tertiary/aromatic N) is 1. The van der Waals surface area contributed by atoms with E-state index in [4.69, 9.17) is 0 Å². The molecule has 0 unspecified atom stereocenters. The lowest BCUT2D eigenvalue weighted by Crippen LogP contribution is -1.79. The third kappa shape index (κ3) is 1.10. The van der Waals surface area contributed by atoms with E-state index in [2.05, 4.69) is 71.1 Å². The third-order valence-electron chi connectivity index (χ3n) is 4.74. The number of thiophene rings is 1. The number of rotatable bonds is 0. The van der Waals surface area contributed by atoms with Crippen LogP contribution in [-0.4, -0.2) is 4.40 Å². The summed E-state index contributed by atoms with van der Waals surface area (Å²) in [6, 6.07) is 24.2. The van der Waals surface area contributed by atoms with Gasteiger partial charge < -0.3 is 4.40 Å². The summed E-state index contributed by atoms with van der Waals surface area (Å²) in [4.78, 5) is 0. The maximum atomic E-state index is 2.44. The van der Waals surface area contributed by atoms with Crippen molar-refractivity contribution in [1.82, 2.24) is 4.40 Å². The summed E-state index contributed by atoms with van der Waals surface area (Å²) in [6.07, 6.45) is 0. The summed E-state index contributed by atoms with van der Waals surface area (Å²) in [5, 5.41) is 5.50.